The summed E-state index contributed by atoms with van der Waals surface area (Å²) in [6.45, 7) is 5.73. The molecule has 2 heterocycles. The van der Waals surface area contributed by atoms with Crippen LogP contribution in [-0.2, 0) is 0 Å². The van der Waals surface area contributed by atoms with Crippen LogP contribution in [0.25, 0.3) is 11.3 Å². The van der Waals surface area contributed by atoms with E-state index in [0.717, 1.165) is 11.3 Å². The first-order valence-corrected chi connectivity index (χ1v) is 9.28. The Labute approximate surface area is 171 Å². The zero-order valence-electron chi connectivity index (χ0n) is 16.7. The van der Waals surface area contributed by atoms with Gasteiger partial charge in [-0.05, 0) is 51.1 Å². The van der Waals surface area contributed by atoms with Crippen LogP contribution in [0.3, 0.4) is 0 Å². The standard InChI is InChI=1S/C21H20N6O3/c1-21(2,3)27-17-16(18(28)19(17)29)25-15-8-9-23-20(26-15)24-13-6-4-12(5-7-13)14-10-22-11-30-14/h4-11,27H,1-3H3,(H2,23,24,25,26). The monoisotopic (exact) mass is 404 g/mol. The molecular formula is C21H20N6O3. The molecule has 2 aromatic heterocycles. The molecule has 3 N–H and O–H groups in total. The average molecular weight is 404 g/mol. The van der Waals surface area contributed by atoms with Crippen molar-refractivity contribution in [2.75, 3.05) is 16.0 Å². The summed E-state index contributed by atoms with van der Waals surface area (Å²) in [4.78, 5) is 36.3. The second-order valence-electron chi connectivity index (χ2n) is 7.74. The van der Waals surface area contributed by atoms with Crippen LogP contribution < -0.4 is 26.8 Å². The number of rotatable bonds is 6. The summed E-state index contributed by atoms with van der Waals surface area (Å²) in [6.07, 6.45) is 4.58. The van der Waals surface area contributed by atoms with Gasteiger partial charge in [-0.15, -0.1) is 0 Å². The molecule has 0 aliphatic carbocycles. The van der Waals surface area contributed by atoms with Crippen LogP contribution in [0, 0.1) is 0 Å². The number of nitrogens with zero attached hydrogens (tertiary/aromatic N) is 3. The lowest BCUT2D eigenvalue weighted by atomic mass is 10.1. The Hall–Kier alpha value is -4.01. The molecule has 30 heavy (non-hydrogen) atoms. The van der Waals surface area contributed by atoms with E-state index in [2.05, 4.69) is 30.9 Å². The highest BCUT2D eigenvalue weighted by atomic mass is 16.3. The highest BCUT2D eigenvalue weighted by molar-refractivity contribution is 5.78. The van der Waals surface area contributed by atoms with Crippen LogP contribution in [0.1, 0.15) is 20.8 Å². The minimum absolute atomic E-state index is 0.205. The van der Waals surface area contributed by atoms with Gasteiger partial charge < -0.3 is 20.4 Å². The zero-order valence-corrected chi connectivity index (χ0v) is 16.7. The van der Waals surface area contributed by atoms with Gasteiger partial charge in [0, 0.05) is 23.0 Å². The number of benzene rings is 1. The van der Waals surface area contributed by atoms with Crippen molar-refractivity contribution in [3.05, 3.63) is 69.6 Å². The fourth-order valence-corrected chi connectivity index (χ4v) is 2.83. The molecule has 9 heteroatoms. The molecule has 0 unspecified atom stereocenters. The lowest BCUT2D eigenvalue weighted by Gasteiger charge is -2.24. The predicted octanol–water partition coefficient (Wildman–Crippen LogP) is 3.43. The van der Waals surface area contributed by atoms with Gasteiger partial charge in [0.05, 0.1) is 6.20 Å². The molecule has 2 aromatic carbocycles. The fourth-order valence-electron chi connectivity index (χ4n) is 2.83. The van der Waals surface area contributed by atoms with Crippen LogP contribution in [0.4, 0.5) is 28.8 Å². The molecule has 0 aliphatic heterocycles. The van der Waals surface area contributed by atoms with Crippen LogP contribution in [-0.4, -0.2) is 20.5 Å². The van der Waals surface area contributed by atoms with E-state index in [1.165, 1.54) is 6.39 Å². The van der Waals surface area contributed by atoms with E-state index >= 15 is 0 Å². The zero-order chi connectivity index (χ0) is 21.3. The molecule has 152 valence electrons. The molecule has 0 amide bonds. The van der Waals surface area contributed by atoms with Crippen molar-refractivity contribution in [1.29, 1.82) is 0 Å². The quantitative estimate of drug-likeness (QED) is 0.415. The number of aromatic nitrogens is 3. The van der Waals surface area contributed by atoms with Gasteiger partial charge in [-0.2, -0.15) is 4.98 Å². The summed E-state index contributed by atoms with van der Waals surface area (Å²) in [5.41, 5.74) is 0.687. The van der Waals surface area contributed by atoms with Crippen LogP contribution in [0.5, 0.6) is 0 Å². The van der Waals surface area contributed by atoms with Crippen molar-refractivity contribution in [2.24, 2.45) is 0 Å². The first kappa shape index (κ1) is 19.3. The Morgan fingerprint density at radius 2 is 1.67 bits per heavy atom. The predicted molar refractivity (Wildman–Crippen MR) is 115 cm³/mol. The number of hydrogen-bond acceptors (Lipinski definition) is 9. The smallest absolute Gasteiger partial charge is 0.253 e. The van der Waals surface area contributed by atoms with E-state index in [9.17, 15) is 9.59 Å². The summed E-state index contributed by atoms with van der Waals surface area (Å²) in [5.74, 6) is 1.42. The SMILES string of the molecule is CC(C)(C)Nc1c(Nc2ccnc(Nc3ccc(-c4cnco4)cc3)n2)c(=O)c1=O. The van der Waals surface area contributed by atoms with E-state index in [4.69, 9.17) is 4.42 Å². The third kappa shape index (κ3) is 4.04. The van der Waals surface area contributed by atoms with Gasteiger partial charge in [-0.1, -0.05) is 0 Å². The van der Waals surface area contributed by atoms with E-state index in [1.54, 1.807) is 18.5 Å². The largest absolute Gasteiger partial charge is 0.444 e. The van der Waals surface area contributed by atoms with Crippen molar-refractivity contribution in [1.82, 2.24) is 15.0 Å². The number of oxazole rings is 1. The number of nitrogens with one attached hydrogen (secondary N) is 3. The number of anilines is 5. The first-order valence-electron chi connectivity index (χ1n) is 9.28. The Morgan fingerprint density at radius 1 is 0.933 bits per heavy atom. The molecule has 0 saturated carbocycles. The van der Waals surface area contributed by atoms with Gasteiger partial charge in [-0.25, -0.2) is 9.97 Å². The summed E-state index contributed by atoms with van der Waals surface area (Å²) < 4.78 is 5.28. The second-order valence-corrected chi connectivity index (χ2v) is 7.74. The lowest BCUT2D eigenvalue weighted by molar-refractivity contribution is 0.572. The van der Waals surface area contributed by atoms with E-state index in [0.29, 0.717) is 17.5 Å². The van der Waals surface area contributed by atoms with Crippen molar-refractivity contribution in [3.63, 3.8) is 0 Å². The van der Waals surface area contributed by atoms with E-state index < -0.39 is 10.9 Å². The third-order valence-electron chi connectivity index (χ3n) is 4.18. The molecular weight excluding hydrogens is 384 g/mol. The van der Waals surface area contributed by atoms with Crippen LogP contribution >= 0.6 is 0 Å². The third-order valence-corrected chi connectivity index (χ3v) is 4.18. The first-order chi connectivity index (χ1) is 14.3. The van der Waals surface area contributed by atoms with Crippen molar-refractivity contribution < 1.29 is 4.42 Å². The van der Waals surface area contributed by atoms with E-state index in [1.807, 2.05) is 45.0 Å². The molecule has 0 aliphatic rings. The fraction of sp³-hybridized carbons (Fsp3) is 0.190. The van der Waals surface area contributed by atoms with Crippen molar-refractivity contribution in [2.45, 2.75) is 26.3 Å². The van der Waals surface area contributed by atoms with Gasteiger partial charge in [-0.3, -0.25) is 9.59 Å². The van der Waals surface area contributed by atoms with Gasteiger partial charge >= 0.3 is 0 Å². The molecule has 4 rings (SSSR count). The number of hydrogen-bond donors (Lipinski definition) is 3. The molecule has 0 fully saturated rings. The Kier molecular flexibility index (Phi) is 4.78. The molecule has 4 aromatic rings. The molecule has 0 atom stereocenters. The maximum atomic E-state index is 12.0. The van der Waals surface area contributed by atoms with Crippen LogP contribution in [0.15, 0.2) is 63.1 Å². The minimum atomic E-state index is -0.571. The molecule has 0 radical (unpaired) electrons. The molecule has 9 nitrogen and oxygen atoms in total. The Bertz CT molecular complexity index is 1230. The normalized spacial score (nSPS) is 11.4. The maximum absolute atomic E-state index is 12.0. The average Bonchev–Trinajstić information content (AvgIpc) is 3.25. The van der Waals surface area contributed by atoms with Crippen LogP contribution in [0.2, 0.25) is 0 Å². The maximum Gasteiger partial charge on any atom is 0.253 e. The Morgan fingerprint density at radius 3 is 2.33 bits per heavy atom. The summed E-state index contributed by atoms with van der Waals surface area (Å²) >= 11 is 0. The van der Waals surface area contributed by atoms with Gasteiger partial charge in [0.1, 0.15) is 17.2 Å². The van der Waals surface area contributed by atoms with Crippen molar-refractivity contribution in [3.8, 4) is 11.3 Å². The molecule has 0 bridgehead atoms. The lowest BCUT2D eigenvalue weighted by Crippen LogP contribution is -2.41. The summed E-state index contributed by atoms with van der Waals surface area (Å²) in [5, 5.41) is 9.08. The minimum Gasteiger partial charge on any atom is -0.444 e. The van der Waals surface area contributed by atoms with Gasteiger partial charge in [0.25, 0.3) is 10.9 Å². The Balaban J connectivity index is 1.50. The summed E-state index contributed by atoms with van der Waals surface area (Å²) in [6, 6.07) is 9.13. The molecule has 0 saturated heterocycles. The topological polar surface area (TPSA) is 122 Å². The molecule has 0 spiro atoms. The van der Waals surface area contributed by atoms with Gasteiger partial charge in [0.15, 0.2) is 12.2 Å². The second kappa shape index (κ2) is 7.43. The van der Waals surface area contributed by atoms with Crippen molar-refractivity contribution >= 4 is 28.8 Å². The highest BCUT2D eigenvalue weighted by Gasteiger charge is 2.25. The summed E-state index contributed by atoms with van der Waals surface area (Å²) in [7, 11) is 0. The highest BCUT2D eigenvalue weighted by Crippen LogP contribution is 2.24. The van der Waals surface area contributed by atoms with Gasteiger partial charge in [0.2, 0.25) is 5.95 Å². The van der Waals surface area contributed by atoms with E-state index in [-0.39, 0.29) is 16.9 Å².